The third-order valence-electron chi connectivity index (χ3n) is 5.95. The minimum atomic E-state index is 0.0936. The van der Waals surface area contributed by atoms with Crippen molar-refractivity contribution in [1.82, 2.24) is 4.90 Å². The van der Waals surface area contributed by atoms with Crippen LogP contribution in [0.5, 0.6) is 0 Å². The third-order valence-corrected chi connectivity index (χ3v) is 5.95. The molecule has 1 saturated carbocycles. The summed E-state index contributed by atoms with van der Waals surface area (Å²) in [7, 11) is 4.55. The first-order chi connectivity index (χ1) is 12.1. The van der Waals surface area contributed by atoms with Crippen LogP contribution < -0.4 is 0 Å². The molecular weight excluding hydrogens is 302 g/mol. The van der Waals surface area contributed by atoms with E-state index < -0.39 is 0 Å². The van der Waals surface area contributed by atoms with Gasteiger partial charge in [-0.1, -0.05) is 74.7 Å². The van der Waals surface area contributed by atoms with Crippen LogP contribution in [0.3, 0.4) is 0 Å². The van der Waals surface area contributed by atoms with E-state index in [4.69, 9.17) is 0 Å². The van der Waals surface area contributed by atoms with Gasteiger partial charge in [-0.15, -0.1) is 0 Å². The van der Waals surface area contributed by atoms with Gasteiger partial charge in [0, 0.05) is 0 Å². The standard InChI is InChI=1S/C24H33N/c1-5-10-21-12-7-8-13-22(21)18-24(25(3)4,17-20-15-16-20)23-14-9-6-11-19(23)2/h6-9,11-14,20H,5,10,15-18H2,1-4H3. The molecule has 2 aromatic rings. The second-order valence-corrected chi connectivity index (χ2v) is 8.08. The van der Waals surface area contributed by atoms with Crippen LogP contribution in [-0.2, 0) is 18.4 Å². The van der Waals surface area contributed by atoms with Crippen LogP contribution in [0.4, 0.5) is 0 Å². The Kier molecular flexibility index (Phi) is 5.64. The van der Waals surface area contributed by atoms with Crippen LogP contribution in [0.15, 0.2) is 48.5 Å². The predicted molar refractivity (Wildman–Crippen MR) is 108 cm³/mol. The molecule has 0 aliphatic heterocycles. The van der Waals surface area contributed by atoms with Crippen molar-refractivity contribution in [3.63, 3.8) is 0 Å². The van der Waals surface area contributed by atoms with Crippen LogP contribution in [0.25, 0.3) is 0 Å². The Balaban J connectivity index is 2.06. The van der Waals surface area contributed by atoms with Crippen molar-refractivity contribution < 1.29 is 0 Å². The molecule has 3 rings (SSSR count). The van der Waals surface area contributed by atoms with Crippen molar-refractivity contribution >= 4 is 0 Å². The Morgan fingerprint density at radius 3 is 2.20 bits per heavy atom. The van der Waals surface area contributed by atoms with Crippen LogP contribution in [0, 0.1) is 12.8 Å². The fourth-order valence-electron chi connectivity index (χ4n) is 4.31. The highest BCUT2D eigenvalue weighted by Crippen LogP contribution is 2.46. The Bertz CT molecular complexity index is 699. The quantitative estimate of drug-likeness (QED) is 0.594. The first kappa shape index (κ1) is 18.2. The van der Waals surface area contributed by atoms with Gasteiger partial charge in [-0.05, 0) is 68.5 Å². The second-order valence-electron chi connectivity index (χ2n) is 8.08. The molecule has 0 heterocycles. The number of likely N-dealkylation sites (N-methyl/N-ethyl adjacent to an activating group) is 1. The number of benzene rings is 2. The molecule has 1 fully saturated rings. The normalized spacial score (nSPS) is 16.8. The molecule has 0 amide bonds. The minimum Gasteiger partial charge on any atom is -0.299 e. The smallest absolute Gasteiger partial charge is 0.0500 e. The van der Waals surface area contributed by atoms with E-state index in [1.165, 1.54) is 54.4 Å². The topological polar surface area (TPSA) is 3.24 Å². The van der Waals surface area contributed by atoms with E-state index in [-0.39, 0.29) is 5.54 Å². The van der Waals surface area contributed by atoms with Gasteiger partial charge < -0.3 is 0 Å². The van der Waals surface area contributed by atoms with E-state index in [0.717, 1.165) is 12.3 Å². The summed E-state index contributed by atoms with van der Waals surface area (Å²) < 4.78 is 0. The molecule has 134 valence electrons. The van der Waals surface area contributed by atoms with Gasteiger partial charge in [0.2, 0.25) is 0 Å². The summed E-state index contributed by atoms with van der Waals surface area (Å²) in [5, 5.41) is 0. The van der Waals surface area contributed by atoms with E-state index in [2.05, 4.69) is 81.4 Å². The molecule has 1 heteroatoms. The van der Waals surface area contributed by atoms with Crippen molar-refractivity contribution in [2.45, 2.75) is 57.9 Å². The van der Waals surface area contributed by atoms with Gasteiger partial charge in [-0.25, -0.2) is 0 Å². The zero-order chi connectivity index (χ0) is 17.9. The fourth-order valence-corrected chi connectivity index (χ4v) is 4.31. The Labute approximate surface area is 154 Å². The summed E-state index contributed by atoms with van der Waals surface area (Å²) in [6.45, 7) is 4.56. The molecule has 1 nitrogen and oxygen atoms in total. The van der Waals surface area contributed by atoms with Crippen molar-refractivity contribution in [2.24, 2.45) is 5.92 Å². The highest BCUT2D eigenvalue weighted by Gasteiger charge is 2.41. The molecular formula is C24H33N. The maximum absolute atomic E-state index is 2.50. The molecule has 1 aliphatic carbocycles. The van der Waals surface area contributed by atoms with E-state index in [1.807, 2.05) is 0 Å². The average molecular weight is 336 g/mol. The highest BCUT2D eigenvalue weighted by molar-refractivity contribution is 5.37. The van der Waals surface area contributed by atoms with Crippen molar-refractivity contribution in [3.05, 3.63) is 70.8 Å². The Morgan fingerprint density at radius 2 is 1.60 bits per heavy atom. The van der Waals surface area contributed by atoms with Gasteiger partial charge in [0.1, 0.15) is 0 Å². The summed E-state index contributed by atoms with van der Waals surface area (Å²) in [5.41, 5.74) is 6.08. The third kappa shape index (κ3) is 3.98. The molecule has 0 bridgehead atoms. The molecule has 0 saturated heterocycles. The lowest BCUT2D eigenvalue weighted by atomic mass is 9.76. The van der Waals surface area contributed by atoms with Gasteiger partial charge in [0.15, 0.2) is 0 Å². The lowest BCUT2D eigenvalue weighted by Crippen LogP contribution is -2.44. The summed E-state index contributed by atoms with van der Waals surface area (Å²) in [4.78, 5) is 2.50. The SMILES string of the molecule is CCCc1ccccc1CC(CC1CC1)(c1ccccc1C)N(C)C. The van der Waals surface area contributed by atoms with Gasteiger partial charge in [0.05, 0.1) is 5.54 Å². The van der Waals surface area contributed by atoms with Crippen molar-refractivity contribution in [3.8, 4) is 0 Å². The van der Waals surface area contributed by atoms with Gasteiger partial charge >= 0.3 is 0 Å². The molecule has 1 unspecified atom stereocenters. The van der Waals surface area contributed by atoms with E-state index >= 15 is 0 Å². The lowest BCUT2D eigenvalue weighted by Gasteiger charge is -2.42. The van der Waals surface area contributed by atoms with Crippen LogP contribution >= 0.6 is 0 Å². The van der Waals surface area contributed by atoms with Crippen molar-refractivity contribution in [1.29, 1.82) is 0 Å². The number of hydrogen-bond acceptors (Lipinski definition) is 1. The van der Waals surface area contributed by atoms with Crippen LogP contribution in [0.1, 0.15) is 54.9 Å². The number of aryl methyl sites for hydroxylation is 2. The first-order valence-corrected chi connectivity index (χ1v) is 9.87. The molecule has 1 atom stereocenters. The summed E-state index contributed by atoms with van der Waals surface area (Å²) in [6.07, 6.45) is 7.56. The van der Waals surface area contributed by atoms with Gasteiger partial charge in [-0.3, -0.25) is 4.90 Å². The predicted octanol–water partition coefficient (Wildman–Crippen LogP) is 5.75. The fraction of sp³-hybridized carbons (Fsp3) is 0.500. The van der Waals surface area contributed by atoms with Crippen molar-refractivity contribution in [2.75, 3.05) is 14.1 Å². The summed E-state index contributed by atoms with van der Waals surface area (Å²) >= 11 is 0. The number of nitrogens with zero attached hydrogens (tertiary/aromatic N) is 1. The molecule has 2 aromatic carbocycles. The Morgan fingerprint density at radius 1 is 0.960 bits per heavy atom. The van der Waals surface area contributed by atoms with Crippen LogP contribution in [-0.4, -0.2) is 19.0 Å². The summed E-state index contributed by atoms with van der Waals surface area (Å²) in [5.74, 6) is 0.889. The summed E-state index contributed by atoms with van der Waals surface area (Å²) in [6, 6.07) is 18.1. The molecule has 0 spiro atoms. The van der Waals surface area contributed by atoms with E-state index in [1.54, 1.807) is 0 Å². The maximum atomic E-state index is 2.50. The molecule has 0 aromatic heterocycles. The Hall–Kier alpha value is -1.60. The number of rotatable bonds is 8. The molecule has 25 heavy (non-hydrogen) atoms. The van der Waals surface area contributed by atoms with E-state index in [9.17, 15) is 0 Å². The minimum absolute atomic E-state index is 0.0936. The van der Waals surface area contributed by atoms with Crippen LogP contribution in [0.2, 0.25) is 0 Å². The van der Waals surface area contributed by atoms with Gasteiger partial charge in [0.25, 0.3) is 0 Å². The van der Waals surface area contributed by atoms with Gasteiger partial charge in [-0.2, -0.15) is 0 Å². The molecule has 0 N–H and O–H groups in total. The first-order valence-electron chi connectivity index (χ1n) is 9.87. The lowest BCUT2D eigenvalue weighted by molar-refractivity contribution is 0.128. The molecule has 1 aliphatic rings. The van der Waals surface area contributed by atoms with E-state index in [0.29, 0.717) is 0 Å². The average Bonchev–Trinajstić information content (AvgIpc) is 3.40. The highest BCUT2D eigenvalue weighted by atomic mass is 15.1. The maximum Gasteiger partial charge on any atom is 0.0500 e. The second kappa shape index (κ2) is 7.74. The zero-order valence-corrected chi connectivity index (χ0v) is 16.4. The number of hydrogen-bond donors (Lipinski definition) is 0. The molecule has 0 radical (unpaired) electrons. The largest absolute Gasteiger partial charge is 0.299 e. The monoisotopic (exact) mass is 335 g/mol. The zero-order valence-electron chi connectivity index (χ0n) is 16.4.